The van der Waals surface area contributed by atoms with Gasteiger partial charge in [0.25, 0.3) is 0 Å². The van der Waals surface area contributed by atoms with Crippen molar-refractivity contribution in [3.63, 3.8) is 0 Å². The van der Waals surface area contributed by atoms with Gasteiger partial charge in [-0.2, -0.15) is 0 Å². The van der Waals surface area contributed by atoms with Gasteiger partial charge in [0.05, 0.1) is 5.92 Å². The molecule has 1 saturated carbocycles. The van der Waals surface area contributed by atoms with Crippen LogP contribution in [-0.2, 0) is 4.79 Å². The highest BCUT2D eigenvalue weighted by atomic mass is 16.4. The molecular formula is C16H29NO2. The van der Waals surface area contributed by atoms with Gasteiger partial charge >= 0.3 is 5.97 Å². The third-order valence-electron chi connectivity index (χ3n) is 5.32. The van der Waals surface area contributed by atoms with Gasteiger partial charge in [-0.05, 0) is 57.0 Å². The van der Waals surface area contributed by atoms with Crippen LogP contribution in [-0.4, -0.2) is 35.1 Å². The van der Waals surface area contributed by atoms with Gasteiger partial charge in [0.15, 0.2) is 0 Å². The number of carboxylic acids is 1. The second kappa shape index (κ2) is 6.74. The average molecular weight is 267 g/mol. The van der Waals surface area contributed by atoms with E-state index in [1.54, 1.807) is 0 Å². The maximum Gasteiger partial charge on any atom is 0.306 e. The number of hydrogen-bond donors (Lipinski definition) is 1. The molecule has 1 heterocycles. The van der Waals surface area contributed by atoms with Crippen LogP contribution in [0.4, 0.5) is 0 Å². The number of aliphatic carboxylic acids is 1. The predicted molar refractivity (Wildman–Crippen MR) is 77.1 cm³/mol. The van der Waals surface area contributed by atoms with E-state index in [0.717, 1.165) is 43.8 Å². The molecule has 3 heteroatoms. The second-order valence-electron chi connectivity index (χ2n) is 6.81. The smallest absolute Gasteiger partial charge is 0.306 e. The Labute approximate surface area is 117 Å². The number of carboxylic acid groups (broad SMARTS) is 1. The molecule has 0 spiro atoms. The zero-order valence-corrected chi connectivity index (χ0v) is 12.5. The summed E-state index contributed by atoms with van der Waals surface area (Å²) in [5.74, 6) is 1.03. The van der Waals surface area contributed by atoms with Crippen LogP contribution in [0.2, 0.25) is 0 Å². The molecule has 2 atom stereocenters. The van der Waals surface area contributed by atoms with Crippen molar-refractivity contribution in [3.05, 3.63) is 0 Å². The SMILES string of the molecule is CC(C)C1CCCC(N2CCC(C(=O)O)CC2)CC1. The van der Waals surface area contributed by atoms with Crippen molar-refractivity contribution in [2.24, 2.45) is 17.8 Å². The number of rotatable bonds is 3. The van der Waals surface area contributed by atoms with Crippen molar-refractivity contribution in [1.82, 2.24) is 4.90 Å². The van der Waals surface area contributed by atoms with Crippen LogP contribution in [0.1, 0.15) is 58.8 Å². The molecule has 0 amide bonds. The Bertz CT molecular complexity index is 295. The first-order chi connectivity index (χ1) is 9.08. The Hall–Kier alpha value is -0.570. The topological polar surface area (TPSA) is 40.5 Å². The summed E-state index contributed by atoms with van der Waals surface area (Å²) in [6.45, 7) is 6.69. The Morgan fingerprint density at radius 2 is 1.74 bits per heavy atom. The van der Waals surface area contributed by atoms with E-state index in [-0.39, 0.29) is 5.92 Å². The molecule has 2 fully saturated rings. The molecule has 2 unspecified atom stereocenters. The third kappa shape index (κ3) is 3.95. The number of likely N-dealkylation sites (tertiary alicyclic amines) is 1. The minimum atomic E-state index is -0.597. The monoisotopic (exact) mass is 267 g/mol. The first-order valence-electron chi connectivity index (χ1n) is 8.04. The summed E-state index contributed by atoms with van der Waals surface area (Å²) in [6.07, 6.45) is 8.44. The highest BCUT2D eigenvalue weighted by Crippen LogP contribution is 2.32. The third-order valence-corrected chi connectivity index (χ3v) is 5.32. The zero-order chi connectivity index (χ0) is 13.8. The van der Waals surface area contributed by atoms with E-state index in [1.165, 1.54) is 32.1 Å². The summed E-state index contributed by atoms with van der Waals surface area (Å²) < 4.78 is 0. The van der Waals surface area contributed by atoms with Crippen LogP contribution < -0.4 is 0 Å². The molecule has 1 aliphatic heterocycles. The quantitative estimate of drug-likeness (QED) is 0.797. The molecule has 110 valence electrons. The number of piperidine rings is 1. The van der Waals surface area contributed by atoms with Crippen molar-refractivity contribution in [3.8, 4) is 0 Å². The van der Waals surface area contributed by atoms with E-state index < -0.39 is 5.97 Å². The van der Waals surface area contributed by atoms with E-state index in [2.05, 4.69) is 18.7 Å². The normalized spacial score (nSPS) is 31.3. The summed E-state index contributed by atoms with van der Waals surface area (Å²) >= 11 is 0. The van der Waals surface area contributed by atoms with Crippen molar-refractivity contribution in [1.29, 1.82) is 0 Å². The summed E-state index contributed by atoms with van der Waals surface area (Å²) in [6, 6.07) is 0.721. The fraction of sp³-hybridized carbons (Fsp3) is 0.938. The first-order valence-corrected chi connectivity index (χ1v) is 8.04. The second-order valence-corrected chi connectivity index (χ2v) is 6.81. The van der Waals surface area contributed by atoms with Gasteiger partial charge in [-0.15, -0.1) is 0 Å². The first kappa shape index (κ1) is 14.8. The minimum Gasteiger partial charge on any atom is -0.481 e. The van der Waals surface area contributed by atoms with E-state index >= 15 is 0 Å². The van der Waals surface area contributed by atoms with Gasteiger partial charge in [0.2, 0.25) is 0 Å². The lowest BCUT2D eigenvalue weighted by Crippen LogP contribution is -2.42. The molecule has 2 aliphatic rings. The summed E-state index contributed by atoms with van der Waals surface area (Å²) in [5, 5.41) is 9.06. The van der Waals surface area contributed by atoms with Crippen LogP contribution >= 0.6 is 0 Å². The lowest BCUT2D eigenvalue weighted by atomic mass is 9.89. The highest BCUT2D eigenvalue weighted by molar-refractivity contribution is 5.70. The van der Waals surface area contributed by atoms with Crippen molar-refractivity contribution in [2.75, 3.05) is 13.1 Å². The van der Waals surface area contributed by atoms with Crippen LogP contribution in [0, 0.1) is 17.8 Å². The zero-order valence-electron chi connectivity index (χ0n) is 12.5. The number of carbonyl (C=O) groups is 1. The molecule has 1 saturated heterocycles. The van der Waals surface area contributed by atoms with E-state index in [0.29, 0.717) is 0 Å². The van der Waals surface area contributed by atoms with Gasteiger partial charge in [0.1, 0.15) is 0 Å². The fourth-order valence-electron chi connectivity index (χ4n) is 3.85. The molecule has 19 heavy (non-hydrogen) atoms. The molecular weight excluding hydrogens is 238 g/mol. The van der Waals surface area contributed by atoms with Crippen LogP contribution in [0.25, 0.3) is 0 Å². The van der Waals surface area contributed by atoms with E-state index in [1.807, 2.05) is 0 Å². The number of nitrogens with zero attached hydrogens (tertiary/aromatic N) is 1. The molecule has 0 aromatic heterocycles. The van der Waals surface area contributed by atoms with E-state index in [4.69, 9.17) is 5.11 Å². The van der Waals surface area contributed by atoms with Crippen LogP contribution in [0.5, 0.6) is 0 Å². The molecule has 0 radical (unpaired) electrons. The van der Waals surface area contributed by atoms with Crippen molar-refractivity contribution >= 4 is 5.97 Å². The lowest BCUT2D eigenvalue weighted by Gasteiger charge is -2.36. The Kier molecular flexibility index (Phi) is 5.26. The minimum absolute atomic E-state index is 0.0922. The van der Waals surface area contributed by atoms with Crippen molar-refractivity contribution in [2.45, 2.75) is 64.8 Å². The average Bonchev–Trinajstić information content (AvgIpc) is 2.64. The summed E-state index contributed by atoms with van der Waals surface area (Å²) in [5.41, 5.74) is 0. The molecule has 0 bridgehead atoms. The Morgan fingerprint density at radius 3 is 2.32 bits per heavy atom. The van der Waals surface area contributed by atoms with Gasteiger partial charge < -0.3 is 10.0 Å². The maximum absolute atomic E-state index is 11.0. The molecule has 3 nitrogen and oxygen atoms in total. The Morgan fingerprint density at radius 1 is 1.05 bits per heavy atom. The molecule has 0 aromatic rings. The molecule has 2 rings (SSSR count). The van der Waals surface area contributed by atoms with Gasteiger partial charge in [-0.3, -0.25) is 4.79 Å². The largest absolute Gasteiger partial charge is 0.481 e. The summed E-state index contributed by atoms with van der Waals surface area (Å²) in [7, 11) is 0. The van der Waals surface area contributed by atoms with Crippen LogP contribution in [0.15, 0.2) is 0 Å². The van der Waals surface area contributed by atoms with E-state index in [9.17, 15) is 4.79 Å². The summed E-state index contributed by atoms with van der Waals surface area (Å²) in [4.78, 5) is 13.6. The van der Waals surface area contributed by atoms with Gasteiger partial charge in [-0.25, -0.2) is 0 Å². The predicted octanol–water partition coefficient (Wildman–Crippen LogP) is 3.39. The lowest BCUT2D eigenvalue weighted by molar-refractivity contribution is -0.143. The molecule has 0 aromatic carbocycles. The van der Waals surface area contributed by atoms with Crippen LogP contribution in [0.3, 0.4) is 0 Å². The standard InChI is InChI=1S/C16H29NO2/c1-12(2)13-4-3-5-15(7-6-13)17-10-8-14(9-11-17)16(18)19/h12-15H,3-11H2,1-2H3,(H,18,19). The molecule has 1 aliphatic carbocycles. The molecule has 1 N–H and O–H groups in total. The maximum atomic E-state index is 11.0. The highest BCUT2D eigenvalue weighted by Gasteiger charge is 2.30. The van der Waals surface area contributed by atoms with Gasteiger partial charge in [0, 0.05) is 6.04 Å². The Balaban J connectivity index is 1.81. The van der Waals surface area contributed by atoms with Crippen molar-refractivity contribution < 1.29 is 9.90 Å². The fourth-order valence-corrected chi connectivity index (χ4v) is 3.85. The van der Waals surface area contributed by atoms with Gasteiger partial charge in [-0.1, -0.05) is 26.7 Å². The number of hydrogen-bond acceptors (Lipinski definition) is 2.